The van der Waals surface area contributed by atoms with Crippen molar-refractivity contribution in [1.82, 2.24) is 0 Å². The molecule has 1 rings (SSSR count). The highest BCUT2D eigenvalue weighted by molar-refractivity contribution is 5.87. The van der Waals surface area contributed by atoms with E-state index in [1.165, 1.54) is 18.2 Å². The molecular weight excluding hydrogens is 240 g/mol. The van der Waals surface area contributed by atoms with Crippen LogP contribution in [0.4, 0.5) is 0 Å². The molecule has 0 fully saturated rings. The van der Waals surface area contributed by atoms with E-state index in [2.05, 4.69) is 0 Å². The summed E-state index contributed by atoms with van der Waals surface area (Å²) in [6, 6.07) is 5.81. The van der Waals surface area contributed by atoms with Gasteiger partial charge in [-0.05, 0) is 24.1 Å². The van der Waals surface area contributed by atoms with Gasteiger partial charge in [-0.3, -0.25) is 9.59 Å². The van der Waals surface area contributed by atoms with E-state index in [9.17, 15) is 14.4 Å². The fourth-order valence-corrected chi connectivity index (χ4v) is 1.57. The van der Waals surface area contributed by atoms with Gasteiger partial charge in [-0.2, -0.15) is 0 Å². The Balaban J connectivity index is 2.86. The summed E-state index contributed by atoms with van der Waals surface area (Å²) in [5, 5.41) is 26.3. The van der Waals surface area contributed by atoms with Gasteiger partial charge >= 0.3 is 17.9 Å². The second-order valence-corrected chi connectivity index (χ2v) is 3.84. The molecule has 1 unspecified atom stereocenters. The second-order valence-electron chi connectivity index (χ2n) is 3.84. The van der Waals surface area contributed by atoms with Crippen LogP contribution in [0.5, 0.6) is 0 Å². The molecule has 0 aliphatic carbocycles. The van der Waals surface area contributed by atoms with Crippen LogP contribution in [0, 0.1) is 5.92 Å². The van der Waals surface area contributed by atoms with Crippen molar-refractivity contribution >= 4 is 17.9 Å². The summed E-state index contributed by atoms with van der Waals surface area (Å²) >= 11 is 0. The van der Waals surface area contributed by atoms with E-state index < -0.39 is 30.2 Å². The number of carbonyl (C=O) groups is 3. The van der Waals surface area contributed by atoms with Gasteiger partial charge < -0.3 is 15.3 Å². The molecule has 0 heterocycles. The molecule has 0 aromatic heterocycles. The summed E-state index contributed by atoms with van der Waals surface area (Å²) in [4.78, 5) is 32.1. The van der Waals surface area contributed by atoms with E-state index >= 15 is 0 Å². The lowest BCUT2D eigenvalue weighted by atomic mass is 9.95. The quantitative estimate of drug-likeness (QED) is 0.699. The summed E-state index contributed by atoms with van der Waals surface area (Å²) in [6.07, 6.45) is -0.505. The van der Waals surface area contributed by atoms with Gasteiger partial charge in [-0.1, -0.05) is 12.1 Å². The molecule has 0 saturated carbocycles. The Morgan fingerprint density at radius 2 is 1.78 bits per heavy atom. The molecule has 0 amide bonds. The molecule has 0 aliphatic heterocycles. The lowest BCUT2D eigenvalue weighted by Gasteiger charge is -2.10. The van der Waals surface area contributed by atoms with Gasteiger partial charge in [0.2, 0.25) is 0 Å². The highest BCUT2D eigenvalue weighted by Gasteiger charge is 2.21. The molecule has 0 bridgehead atoms. The zero-order chi connectivity index (χ0) is 13.7. The van der Waals surface area contributed by atoms with E-state index in [1.807, 2.05) is 0 Å². The average Bonchev–Trinajstić information content (AvgIpc) is 2.27. The van der Waals surface area contributed by atoms with Crippen molar-refractivity contribution in [3.63, 3.8) is 0 Å². The summed E-state index contributed by atoms with van der Waals surface area (Å²) in [7, 11) is 0. The molecule has 0 spiro atoms. The minimum absolute atomic E-state index is 0.0112. The summed E-state index contributed by atoms with van der Waals surface area (Å²) in [5.74, 6) is -4.58. The van der Waals surface area contributed by atoms with Crippen molar-refractivity contribution < 1.29 is 29.7 Å². The Bertz CT molecular complexity index is 479. The molecule has 96 valence electrons. The number of rotatable bonds is 6. The van der Waals surface area contributed by atoms with Gasteiger partial charge in [0.05, 0.1) is 17.9 Å². The summed E-state index contributed by atoms with van der Waals surface area (Å²) in [6.45, 7) is 0. The van der Waals surface area contributed by atoms with Gasteiger partial charge in [-0.25, -0.2) is 4.79 Å². The monoisotopic (exact) mass is 252 g/mol. The third-order valence-corrected chi connectivity index (χ3v) is 2.43. The van der Waals surface area contributed by atoms with Gasteiger partial charge in [0.15, 0.2) is 0 Å². The number of carboxylic acids is 3. The first-order chi connectivity index (χ1) is 8.40. The topological polar surface area (TPSA) is 112 Å². The summed E-state index contributed by atoms with van der Waals surface area (Å²) in [5.41, 5.74) is 0.538. The van der Waals surface area contributed by atoms with Gasteiger partial charge in [-0.15, -0.1) is 0 Å². The van der Waals surface area contributed by atoms with Crippen molar-refractivity contribution in [2.24, 2.45) is 5.92 Å². The first kappa shape index (κ1) is 13.7. The van der Waals surface area contributed by atoms with Crippen LogP contribution in [0.3, 0.4) is 0 Å². The van der Waals surface area contributed by atoms with Crippen LogP contribution in [0.15, 0.2) is 24.3 Å². The Kier molecular flexibility index (Phi) is 4.42. The standard InChI is InChI=1S/C12H12O6/c13-10(14)6-9(12(17)18)5-7-2-1-3-8(4-7)11(15)16/h1-4,9H,5-6H2,(H,13,14)(H,15,16)(H,17,18). The molecule has 1 aromatic rings. The summed E-state index contributed by atoms with van der Waals surface area (Å²) < 4.78 is 0. The van der Waals surface area contributed by atoms with Crippen LogP contribution in [0.25, 0.3) is 0 Å². The zero-order valence-corrected chi connectivity index (χ0v) is 9.37. The highest BCUT2D eigenvalue weighted by Crippen LogP contribution is 2.14. The molecule has 0 radical (unpaired) electrons. The molecular formula is C12H12O6. The fourth-order valence-electron chi connectivity index (χ4n) is 1.57. The number of aliphatic carboxylic acids is 2. The third kappa shape index (κ3) is 3.89. The predicted molar refractivity (Wildman–Crippen MR) is 60.5 cm³/mol. The number of aromatic carboxylic acids is 1. The molecule has 0 saturated heterocycles. The molecule has 1 atom stereocenters. The zero-order valence-electron chi connectivity index (χ0n) is 9.37. The molecule has 6 nitrogen and oxygen atoms in total. The number of carboxylic acid groups (broad SMARTS) is 3. The number of hydrogen-bond acceptors (Lipinski definition) is 3. The highest BCUT2D eigenvalue weighted by atomic mass is 16.4. The molecule has 1 aromatic carbocycles. The molecule has 18 heavy (non-hydrogen) atoms. The van der Waals surface area contributed by atoms with Crippen molar-refractivity contribution in [2.45, 2.75) is 12.8 Å². The maximum Gasteiger partial charge on any atom is 0.335 e. The Hall–Kier alpha value is -2.37. The Morgan fingerprint density at radius 1 is 1.11 bits per heavy atom. The lowest BCUT2D eigenvalue weighted by molar-refractivity contribution is -0.148. The largest absolute Gasteiger partial charge is 0.481 e. The van der Waals surface area contributed by atoms with E-state index in [0.29, 0.717) is 5.56 Å². The van der Waals surface area contributed by atoms with Crippen molar-refractivity contribution in [2.75, 3.05) is 0 Å². The minimum atomic E-state index is -1.21. The van der Waals surface area contributed by atoms with Crippen LogP contribution in [-0.4, -0.2) is 33.2 Å². The Morgan fingerprint density at radius 3 is 2.28 bits per heavy atom. The normalized spacial score (nSPS) is 11.8. The maximum absolute atomic E-state index is 10.9. The van der Waals surface area contributed by atoms with E-state index in [0.717, 1.165) is 0 Å². The van der Waals surface area contributed by atoms with E-state index in [4.69, 9.17) is 15.3 Å². The maximum atomic E-state index is 10.9. The van der Waals surface area contributed by atoms with Gasteiger partial charge in [0.1, 0.15) is 0 Å². The predicted octanol–water partition coefficient (Wildman–Crippen LogP) is 1.10. The van der Waals surface area contributed by atoms with E-state index in [-0.39, 0.29) is 12.0 Å². The first-order valence-electron chi connectivity index (χ1n) is 5.17. The van der Waals surface area contributed by atoms with Gasteiger partial charge in [0, 0.05) is 0 Å². The SMILES string of the molecule is O=C(O)CC(Cc1cccc(C(=O)O)c1)C(=O)O. The first-order valence-corrected chi connectivity index (χ1v) is 5.17. The van der Waals surface area contributed by atoms with Crippen LogP contribution in [-0.2, 0) is 16.0 Å². The van der Waals surface area contributed by atoms with Crippen molar-refractivity contribution in [1.29, 1.82) is 0 Å². The van der Waals surface area contributed by atoms with Crippen LogP contribution in [0.2, 0.25) is 0 Å². The molecule has 6 heteroatoms. The Labute approximate surface area is 102 Å². The number of hydrogen-bond donors (Lipinski definition) is 3. The van der Waals surface area contributed by atoms with Crippen molar-refractivity contribution in [3.8, 4) is 0 Å². The van der Waals surface area contributed by atoms with Gasteiger partial charge in [0.25, 0.3) is 0 Å². The lowest BCUT2D eigenvalue weighted by Crippen LogP contribution is -2.20. The molecule has 3 N–H and O–H groups in total. The number of benzene rings is 1. The fraction of sp³-hybridized carbons (Fsp3) is 0.250. The van der Waals surface area contributed by atoms with Crippen LogP contribution >= 0.6 is 0 Å². The van der Waals surface area contributed by atoms with Crippen LogP contribution < -0.4 is 0 Å². The van der Waals surface area contributed by atoms with E-state index in [1.54, 1.807) is 6.07 Å². The van der Waals surface area contributed by atoms with Crippen LogP contribution in [0.1, 0.15) is 22.3 Å². The second kappa shape index (κ2) is 5.81. The molecule has 0 aliphatic rings. The minimum Gasteiger partial charge on any atom is -0.481 e. The third-order valence-electron chi connectivity index (χ3n) is 2.43. The average molecular weight is 252 g/mol. The van der Waals surface area contributed by atoms with Crippen molar-refractivity contribution in [3.05, 3.63) is 35.4 Å². The smallest absolute Gasteiger partial charge is 0.335 e.